The van der Waals surface area contributed by atoms with Crippen molar-refractivity contribution in [3.63, 3.8) is 0 Å². The number of hydrogen-bond donors (Lipinski definition) is 0. The summed E-state index contributed by atoms with van der Waals surface area (Å²) in [6.45, 7) is 1.85. The first kappa shape index (κ1) is 14.7. The summed E-state index contributed by atoms with van der Waals surface area (Å²) in [4.78, 5) is 4.41. The predicted molar refractivity (Wildman–Crippen MR) is 83.2 cm³/mol. The van der Waals surface area contributed by atoms with Gasteiger partial charge in [-0.25, -0.2) is 0 Å². The van der Waals surface area contributed by atoms with Crippen LogP contribution in [0.5, 0.6) is 11.5 Å². The molecule has 24 heavy (non-hydrogen) atoms. The van der Waals surface area contributed by atoms with E-state index in [1.165, 1.54) is 0 Å². The fourth-order valence-electron chi connectivity index (χ4n) is 2.92. The lowest BCUT2D eigenvalue weighted by molar-refractivity contribution is 0.228. The summed E-state index contributed by atoms with van der Waals surface area (Å²) in [5.41, 5.74) is 1.86. The topological polar surface area (TPSA) is 83.4 Å². The molecule has 124 valence electrons. The van der Waals surface area contributed by atoms with E-state index < -0.39 is 0 Å². The number of benzene rings is 1. The minimum Gasteiger partial charge on any atom is -0.496 e. The van der Waals surface area contributed by atoms with Crippen molar-refractivity contribution in [1.29, 1.82) is 0 Å². The van der Waals surface area contributed by atoms with Crippen molar-refractivity contribution >= 4 is 0 Å². The van der Waals surface area contributed by atoms with Gasteiger partial charge in [0, 0.05) is 24.5 Å². The van der Waals surface area contributed by atoms with Crippen LogP contribution in [0.4, 0.5) is 0 Å². The Kier molecular flexibility index (Phi) is 3.68. The fourth-order valence-corrected chi connectivity index (χ4v) is 2.92. The summed E-state index contributed by atoms with van der Waals surface area (Å²) in [6.07, 6.45) is 1.80. The Balaban J connectivity index is 1.42. The third-order valence-electron chi connectivity index (χ3n) is 3.96. The Morgan fingerprint density at radius 2 is 2.17 bits per heavy atom. The van der Waals surface area contributed by atoms with Crippen molar-refractivity contribution in [3.8, 4) is 11.5 Å². The molecular formula is C17H17N3O4. The maximum Gasteiger partial charge on any atom is 0.232 e. The lowest BCUT2D eigenvalue weighted by Crippen LogP contribution is -2.17. The van der Waals surface area contributed by atoms with Gasteiger partial charge in [-0.2, -0.15) is 4.98 Å². The molecule has 7 nitrogen and oxygen atoms in total. The number of nitrogens with zero attached hydrogens (tertiary/aromatic N) is 3. The second-order valence-electron chi connectivity index (χ2n) is 5.80. The Bertz CT molecular complexity index is 855. The third kappa shape index (κ3) is 2.84. The van der Waals surface area contributed by atoms with E-state index in [4.69, 9.17) is 18.5 Å². The van der Waals surface area contributed by atoms with Gasteiger partial charge in [0.1, 0.15) is 23.4 Å². The molecular weight excluding hydrogens is 310 g/mol. The van der Waals surface area contributed by atoms with Gasteiger partial charge in [0.25, 0.3) is 0 Å². The molecule has 4 rings (SSSR count). The number of methoxy groups -OCH3 is 1. The van der Waals surface area contributed by atoms with Gasteiger partial charge in [-0.15, -0.1) is 0 Å². The molecule has 1 atom stereocenters. The lowest BCUT2D eigenvalue weighted by Gasteiger charge is -2.06. The van der Waals surface area contributed by atoms with Crippen molar-refractivity contribution in [2.24, 2.45) is 0 Å². The smallest absolute Gasteiger partial charge is 0.232 e. The van der Waals surface area contributed by atoms with E-state index in [-0.39, 0.29) is 6.10 Å². The normalized spacial score (nSPS) is 16.0. The molecule has 0 radical (unpaired) electrons. The van der Waals surface area contributed by atoms with E-state index in [1.807, 2.05) is 31.2 Å². The average Bonchev–Trinajstić information content (AvgIpc) is 3.28. The standard InChI is InChI=1S/C17H17N3O4/c1-10-6-11(19-23-10)7-17-18-16(20-24-17)9-12-8-13-14(21-2)4-3-5-15(13)22-12/h3-6,12H,7-9H2,1-2H3. The van der Waals surface area contributed by atoms with E-state index in [0.717, 1.165) is 34.9 Å². The number of rotatable bonds is 5. The van der Waals surface area contributed by atoms with Crippen molar-refractivity contribution in [3.05, 3.63) is 53.0 Å². The maximum absolute atomic E-state index is 5.96. The largest absolute Gasteiger partial charge is 0.496 e. The first-order valence-corrected chi connectivity index (χ1v) is 7.77. The summed E-state index contributed by atoms with van der Waals surface area (Å²) in [5, 5.41) is 7.96. The van der Waals surface area contributed by atoms with Crippen molar-refractivity contribution in [1.82, 2.24) is 15.3 Å². The predicted octanol–water partition coefficient (Wildman–Crippen LogP) is 2.51. The van der Waals surface area contributed by atoms with Crippen molar-refractivity contribution in [2.45, 2.75) is 32.3 Å². The van der Waals surface area contributed by atoms with Gasteiger partial charge in [0.05, 0.1) is 19.2 Å². The molecule has 2 aromatic heterocycles. The van der Waals surface area contributed by atoms with Crippen LogP contribution < -0.4 is 9.47 Å². The molecule has 7 heteroatoms. The van der Waals surface area contributed by atoms with Gasteiger partial charge in [-0.1, -0.05) is 16.4 Å². The molecule has 0 saturated heterocycles. The average molecular weight is 327 g/mol. The van der Waals surface area contributed by atoms with E-state index in [1.54, 1.807) is 7.11 Å². The van der Waals surface area contributed by atoms with Crippen LogP contribution in [-0.4, -0.2) is 28.5 Å². The van der Waals surface area contributed by atoms with Crippen LogP contribution in [0, 0.1) is 6.92 Å². The Morgan fingerprint density at radius 1 is 1.25 bits per heavy atom. The summed E-state index contributed by atoms with van der Waals surface area (Å²) in [5.74, 6) is 3.62. The summed E-state index contributed by atoms with van der Waals surface area (Å²) in [6, 6.07) is 7.67. The van der Waals surface area contributed by atoms with Crippen LogP contribution in [0.1, 0.15) is 28.7 Å². The number of fused-ring (bicyclic) bond motifs is 1. The second-order valence-corrected chi connectivity index (χ2v) is 5.80. The number of aromatic nitrogens is 3. The molecule has 1 aromatic carbocycles. The van der Waals surface area contributed by atoms with Gasteiger partial charge >= 0.3 is 0 Å². The zero-order valence-electron chi connectivity index (χ0n) is 13.5. The maximum atomic E-state index is 5.96. The molecule has 0 N–H and O–H groups in total. The van der Waals surface area contributed by atoms with Gasteiger partial charge in [0.15, 0.2) is 5.82 Å². The van der Waals surface area contributed by atoms with Gasteiger partial charge in [0.2, 0.25) is 5.89 Å². The van der Waals surface area contributed by atoms with Crippen LogP contribution >= 0.6 is 0 Å². The first-order valence-electron chi connectivity index (χ1n) is 7.77. The molecule has 1 aliphatic rings. The first-order chi connectivity index (χ1) is 11.7. The molecule has 0 aliphatic carbocycles. The lowest BCUT2D eigenvalue weighted by atomic mass is 10.1. The summed E-state index contributed by atoms with van der Waals surface area (Å²) < 4.78 is 21.7. The molecule has 0 saturated carbocycles. The molecule has 3 aromatic rings. The molecule has 3 heterocycles. The number of ether oxygens (including phenoxy) is 2. The highest BCUT2D eigenvalue weighted by molar-refractivity contribution is 5.47. The molecule has 0 bridgehead atoms. The molecule has 0 spiro atoms. The van der Waals surface area contributed by atoms with E-state index >= 15 is 0 Å². The molecule has 1 unspecified atom stereocenters. The van der Waals surface area contributed by atoms with E-state index in [9.17, 15) is 0 Å². The highest BCUT2D eigenvalue weighted by Crippen LogP contribution is 2.36. The summed E-state index contributed by atoms with van der Waals surface area (Å²) in [7, 11) is 1.67. The molecule has 0 amide bonds. The molecule has 1 aliphatic heterocycles. The Hall–Kier alpha value is -2.83. The third-order valence-corrected chi connectivity index (χ3v) is 3.96. The zero-order valence-corrected chi connectivity index (χ0v) is 13.5. The van der Waals surface area contributed by atoms with Crippen molar-refractivity contribution in [2.75, 3.05) is 7.11 Å². The monoisotopic (exact) mass is 327 g/mol. The number of hydrogen-bond acceptors (Lipinski definition) is 7. The fraction of sp³-hybridized carbons (Fsp3) is 0.353. The highest BCUT2D eigenvalue weighted by atomic mass is 16.5. The van der Waals surface area contributed by atoms with Gasteiger partial charge in [-0.3, -0.25) is 0 Å². The SMILES string of the molecule is COc1cccc2c1CC(Cc1noc(Cc3cc(C)on3)n1)O2. The quantitative estimate of drug-likeness (QED) is 0.712. The van der Waals surface area contributed by atoms with Gasteiger partial charge < -0.3 is 18.5 Å². The van der Waals surface area contributed by atoms with E-state index in [2.05, 4.69) is 15.3 Å². The summed E-state index contributed by atoms with van der Waals surface area (Å²) >= 11 is 0. The van der Waals surface area contributed by atoms with E-state index in [0.29, 0.717) is 24.6 Å². The van der Waals surface area contributed by atoms with Crippen LogP contribution in [0.2, 0.25) is 0 Å². The van der Waals surface area contributed by atoms with Crippen LogP contribution in [0.3, 0.4) is 0 Å². The van der Waals surface area contributed by atoms with Crippen molar-refractivity contribution < 1.29 is 18.5 Å². The second kappa shape index (κ2) is 5.99. The zero-order chi connectivity index (χ0) is 16.5. The van der Waals surface area contributed by atoms with Crippen LogP contribution in [-0.2, 0) is 19.3 Å². The van der Waals surface area contributed by atoms with Crippen LogP contribution in [0.25, 0.3) is 0 Å². The minimum absolute atomic E-state index is 0.0176. The Morgan fingerprint density at radius 3 is 2.96 bits per heavy atom. The van der Waals surface area contributed by atoms with Gasteiger partial charge in [-0.05, 0) is 19.1 Å². The number of aryl methyl sites for hydroxylation is 1. The minimum atomic E-state index is -0.0176. The Labute approximate surface area is 138 Å². The molecule has 0 fully saturated rings. The van der Waals surface area contributed by atoms with Crippen LogP contribution in [0.15, 0.2) is 33.3 Å². The highest BCUT2D eigenvalue weighted by Gasteiger charge is 2.27.